The maximum Gasteiger partial charge on any atom is 0.123 e. The van der Waals surface area contributed by atoms with Crippen LogP contribution in [0.2, 0.25) is 5.02 Å². The molecule has 0 spiro atoms. The van der Waals surface area contributed by atoms with Gasteiger partial charge in [-0.1, -0.05) is 42.0 Å². The van der Waals surface area contributed by atoms with Gasteiger partial charge in [0.15, 0.2) is 0 Å². The van der Waals surface area contributed by atoms with Crippen molar-refractivity contribution in [1.82, 2.24) is 0 Å². The minimum absolute atomic E-state index is 0.109. The Morgan fingerprint density at radius 2 is 2.14 bits per heavy atom. The molecule has 1 atom stereocenters. The summed E-state index contributed by atoms with van der Waals surface area (Å²) in [5.41, 5.74) is 8.62. The van der Waals surface area contributed by atoms with Gasteiger partial charge in [-0.15, -0.1) is 0 Å². The zero-order chi connectivity index (χ0) is 14.8. The molecule has 21 heavy (non-hydrogen) atoms. The van der Waals surface area contributed by atoms with Crippen molar-refractivity contribution in [3.63, 3.8) is 0 Å². The molecular weight excluding hydrogens is 304 g/mol. The summed E-state index contributed by atoms with van der Waals surface area (Å²) >= 11 is 11.0. The fourth-order valence-corrected chi connectivity index (χ4v) is 2.81. The third-order valence-corrected chi connectivity index (χ3v) is 3.94. The fourth-order valence-electron chi connectivity index (χ4n) is 2.47. The van der Waals surface area contributed by atoms with Gasteiger partial charge in [-0.25, -0.2) is 0 Å². The van der Waals surface area contributed by atoms with Crippen LogP contribution in [0.5, 0.6) is 5.75 Å². The van der Waals surface area contributed by atoms with E-state index in [0.29, 0.717) is 16.6 Å². The smallest absolute Gasteiger partial charge is 0.123 e. The Kier molecular flexibility index (Phi) is 3.99. The van der Waals surface area contributed by atoms with Gasteiger partial charge in [-0.2, -0.15) is 0 Å². The summed E-state index contributed by atoms with van der Waals surface area (Å²) in [6, 6.07) is 13.6. The lowest BCUT2D eigenvalue weighted by atomic mass is 10.1. The van der Waals surface area contributed by atoms with E-state index in [0.717, 1.165) is 23.4 Å². The van der Waals surface area contributed by atoms with E-state index in [1.165, 1.54) is 5.56 Å². The van der Waals surface area contributed by atoms with Crippen LogP contribution >= 0.6 is 23.8 Å². The molecular formula is C16H15ClN2OS. The molecule has 0 saturated heterocycles. The van der Waals surface area contributed by atoms with Gasteiger partial charge in [0, 0.05) is 22.7 Å². The lowest BCUT2D eigenvalue weighted by Crippen LogP contribution is -2.25. The zero-order valence-electron chi connectivity index (χ0n) is 11.3. The highest BCUT2D eigenvalue weighted by Gasteiger charge is 2.22. The first-order valence-corrected chi connectivity index (χ1v) is 7.50. The topological polar surface area (TPSA) is 47.3 Å². The third kappa shape index (κ3) is 3.12. The molecule has 0 amide bonds. The number of halogens is 1. The average Bonchev–Trinajstić information content (AvgIpc) is 2.88. The number of hydrogen-bond donors (Lipinski definition) is 2. The van der Waals surface area contributed by atoms with Crippen LogP contribution in [-0.2, 0) is 6.42 Å². The Hall–Kier alpha value is -1.78. The Morgan fingerprint density at radius 1 is 1.33 bits per heavy atom. The summed E-state index contributed by atoms with van der Waals surface area (Å²) in [7, 11) is 0. The molecule has 2 aromatic carbocycles. The van der Waals surface area contributed by atoms with Gasteiger partial charge < -0.3 is 15.8 Å². The van der Waals surface area contributed by atoms with Crippen LogP contribution in [0.15, 0.2) is 42.5 Å². The number of rotatable bonds is 4. The maximum absolute atomic E-state index is 5.98. The summed E-state index contributed by atoms with van der Waals surface area (Å²) in [4.78, 5) is 0.329. The monoisotopic (exact) mass is 318 g/mol. The largest absolute Gasteiger partial charge is 0.488 e. The second-order valence-electron chi connectivity index (χ2n) is 4.99. The molecule has 108 valence electrons. The number of nitrogens with one attached hydrogen (secondary N) is 1. The van der Waals surface area contributed by atoms with Gasteiger partial charge in [-0.3, -0.25) is 0 Å². The first kappa shape index (κ1) is 14.2. The molecule has 5 heteroatoms. The first-order chi connectivity index (χ1) is 10.1. The van der Waals surface area contributed by atoms with E-state index in [4.69, 9.17) is 34.3 Å². The SMILES string of the molecule is NC(=S)c1cc(Cl)ccc1NCC1Cc2ccccc2O1. The Balaban J connectivity index is 1.68. The maximum atomic E-state index is 5.98. The van der Waals surface area contributed by atoms with Crippen LogP contribution in [0.1, 0.15) is 11.1 Å². The molecule has 1 unspecified atom stereocenters. The molecule has 3 nitrogen and oxygen atoms in total. The molecule has 3 N–H and O–H groups in total. The van der Waals surface area contributed by atoms with Crippen molar-refractivity contribution in [3.8, 4) is 5.75 Å². The van der Waals surface area contributed by atoms with Crippen LogP contribution in [0.25, 0.3) is 0 Å². The summed E-state index contributed by atoms with van der Waals surface area (Å²) in [5.74, 6) is 0.968. The highest BCUT2D eigenvalue weighted by Crippen LogP contribution is 2.28. The molecule has 3 rings (SSSR count). The van der Waals surface area contributed by atoms with Gasteiger partial charge >= 0.3 is 0 Å². The number of hydrogen-bond acceptors (Lipinski definition) is 3. The van der Waals surface area contributed by atoms with Crippen molar-refractivity contribution in [3.05, 3.63) is 58.6 Å². The summed E-state index contributed by atoms with van der Waals surface area (Å²) < 4.78 is 5.90. The molecule has 0 aromatic heterocycles. The molecule has 1 aliphatic rings. The Labute approximate surface area is 134 Å². The number of nitrogens with two attached hydrogens (primary N) is 1. The molecule has 2 aromatic rings. The quantitative estimate of drug-likeness (QED) is 0.848. The number of benzene rings is 2. The third-order valence-electron chi connectivity index (χ3n) is 3.48. The molecule has 0 saturated carbocycles. The standard InChI is InChI=1S/C16H15ClN2OS/c17-11-5-6-14(13(8-11)16(18)21)19-9-12-7-10-3-1-2-4-15(10)20-12/h1-6,8,12,19H,7,9H2,(H2,18,21). The second kappa shape index (κ2) is 5.92. The minimum atomic E-state index is 0.109. The number of ether oxygens (including phenoxy) is 1. The van der Waals surface area contributed by atoms with Crippen LogP contribution < -0.4 is 15.8 Å². The molecule has 1 aliphatic heterocycles. The van der Waals surface area contributed by atoms with E-state index in [1.807, 2.05) is 30.3 Å². The minimum Gasteiger partial charge on any atom is -0.488 e. The number of anilines is 1. The first-order valence-electron chi connectivity index (χ1n) is 6.71. The van der Waals surface area contributed by atoms with Crippen molar-refractivity contribution >= 4 is 34.5 Å². The van der Waals surface area contributed by atoms with Crippen LogP contribution in [0, 0.1) is 0 Å². The van der Waals surface area contributed by atoms with Gasteiger partial charge in [0.1, 0.15) is 16.8 Å². The Morgan fingerprint density at radius 3 is 2.90 bits per heavy atom. The highest BCUT2D eigenvalue weighted by atomic mass is 35.5. The molecule has 0 bridgehead atoms. The number of para-hydroxylation sites is 1. The highest BCUT2D eigenvalue weighted by molar-refractivity contribution is 7.80. The van der Waals surface area contributed by atoms with E-state index in [1.54, 1.807) is 6.07 Å². The van der Waals surface area contributed by atoms with Crippen molar-refractivity contribution in [1.29, 1.82) is 0 Å². The molecule has 0 radical (unpaired) electrons. The van der Waals surface area contributed by atoms with Gasteiger partial charge in [0.2, 0.25) is 0 Å². The zero-order valence-corrected chi connectivity index (χ0v) is 12.9. The predicted octanol–water partition coefficient (Wildman–Crippen LogP) is 3.39. The van der Waals surface area contributed by atoms with Crippen LogP contribution in [-0.4, -0.2) is 17.6 Å². The summed E-state index contributed by atoms with van der Waals surface area (Å²) in [6.07, 6.45) is 1.01. The van der Waals surface area contributed by atoms with Crippen molar-refractivity contribution in [2.24, 2.45) is 5.73 Å². The fraction of sp³-hybridized carbons (Fsp3) is 0.188. The van der Waals surface area contributed by atoms with Crippen LogP contribution in [0.4, 0.5) is 5.69 Å². The van der Waals surface area contributed by atoms with E-state index in [-0.39, 0.29) is 6.10 Å². The Bertz CT molecular complexity index is 665. The molecule has 1 heterocycles. The van der Waals surface area contributed by atoms with Crippen molar-refractivity contribution in [2.75, 3.05) is 11.9 Å². The van der Waals surface area contributed by atoms with Crippen molar-refractivity contribution in [2.45, 2.75) is 12.5 Å². The second-order valence-corrected chi connectivity index (χ2v) is 5.86. The molecule has 0 aliphatic carbocycles. The van der Waals surface area contributed by atoms with E-state index >= 15 is 0 Å². The predicted molar refractivity (Wildman–Crippen MR) is 90.4 cm³/mol. The van der Waals surface area contributed by atoms with Gasteiger partial charge in [0.05, 0.1) is 6.54 Å². The van der Waals surface area contributed by atoms with E-state index in [9.17, 15) is 0 Å². The summed E-state index contributed by atoms with van der Waals surface area (Å²) in [5, 5.41) is 3.97. The van der Waals surface area contributed by atoms with Crippen molar-refractivity contribution < 1.29 is 4.74 Å². The lowest BCUT2D eigenvalue weighted by Gasteiger charge is -2.15. The van der Waals surface area contributed by atoms with E-state index < -0.39 is 0 Å². The molecule has 0 fully saturated rings. The number of thiocarbonyl (C=S) groups is 1. The van der Waals surface area contributed by atoms with Gasteiger partial charge in [-0.05, 0) is 29.8 Å². The summed E-state index contributed by atoms with van der Waals surface area (Å²) in [6.45, 7) is 0.686. The normalized spacial score (nSPS) is 16.1. The lowest BCUT2D eigenvalue weighted by molar-refractivity contribution is 0.246. The van der Waals surface area contributed by atoms with Crippen LogP contribution in [0.3, 0.4) is 0 Å². The average molecular weight is 319 g/mol. The van der Waals surface area contributed by atoms with E-state index in [2.05, 4.69) is 11.4 Å². The number of fused-ring (bicyclic) bond motifs is 1. The van der Waals surface area contributed by atoms with Gasteiger partial charge in [0.25, 0.3) is 0 Å².